The number of aliphatic hydroxyl groups excluding tert-OH is 2. The van der Waals surface area contributed by atoms with E-state index in [4.69, 9.17) is 61.7 Å². The molecule has 1 amide bonds. The van der Waals surface area contributed by atoms with Crippen molar-refractivity contribution in [2.45, 2.75) is 226 Å². The smallest absolute Gasteiger partial charge is 0.408 e. The maximum absolute atomic E-state index is 15.8. The van der Waals surface area contributed by atoms with Gasteiger partial charge in [-0.2, -0.15) is 0 Å². The fraction of sp³-hybridized carbons (Fsp3) is 0.912. The van der Waals surface area contributed by atoms with Gasteiger partial charge in [-0.15, -0.1) is 0 Å². The predicted octanol–water partition coefficient (Wildman–Crippen LogP) is 5.43. The van der Waals surface area contributed by atoms with Crippen molar-refractivity contribution in [3.05, 3.63) is 0 Å². The van der Waals surface area contributed by atoms with Crippen LogP contribution in [-0.4, -0.2) is 204 Å². The van der Waals surface area contributed by atoms with Gasteiger partial charge in [0, 0.05) is 83.6 Å². The maximum atomic E-state index is 15.8. The minimum atomic E-state index is -1.93. The molecular weight excluding hydrogens is 1030 g/mol. The van der Waals surface area contributed by atoms with Crippen LogP contribution in [0.25, 0.3) is 0 Å². The van der Waals surface area contributed by atoms with E-state index in [0.717, 1.165) is 12.8 Å². The van der Waals surface area contributed by atoms with Gasteiger partial charge in [-0.3, -0.25) is 14.4 Å². The fourth-order valence-corrected chi connectivity index (χ4v) is 12.2. The quantitative estimate of drug-likeness (QED) is 0.0932. The molecule has 22 atom stereocenters. The average molecular weight is 1130 g/mol. The molecule has 0 aromatic carbocycles. The molecule has 0 aromatic rings. The third-order valence-corrected chi connectivity index (χ3v) is 16.8. The number of esters is 2. The number of hydrogen-bond acceptors (Lipinski definition) is 21. The largest absolute Gasteiger partial charge is 0.461 e. The number of Topliss-reactive ketones (excluding diaryl/α,β-unsaturated/α-hetero) is 1. The predicted molar refractivity (Wildman–Crippen MR) is 288 cm³/mol. The molecule has 0 spiro atoms. The summed E-state index contributed by atoms with van der Waals surface area (Å²) in [7, 11) is 6.32. The molecule has 5 aliphatic rings. The molecule has 456 valence electrons. The molecule has 5 rings (SSSR count). The molecule has 3 N–H and O–H groups in total. The van der Waals surface area contributed by atoms with Crippen molar-refractivity contribution in [2.24, 2.45) is 52.5 Å². The lowest BCUT2D eigenvalue weighted by Gasteiger charge is -2.45. The highest BCUT2D eigenvalue weighted by Gasteiger charge is 2.53. The molecule has 5 heterocycles. The number of nitrogens with one attached hydrogen (secondary N) is 1. The Bertz CT molecular complexity index is 1960. The van der Waals surface area contributed by atoms with Crippen molar-refractivity contribution in [3.63, 3.8) is 0 Å². The van der Waals surface area contributed by atoms with Crippen molar-refractivity contribution in [1.82, 2.24) is 10.2 Å². The van der Waals surface area contributed by atoms with Crippen LogP contribution in [0.5, 0.6) is 0 Å². The van der Waals surface area contributed by atoms with E-state index in [1.807, 2.05) is 55.5 Å². The van der Waals surface area contributed by atoms with E-state index in [1.165, 1.54) is 21.3 Å². The number of aliphatic hydroxyl groups is 2. The Morgan fingerprint density at radius 3 is 2.13 bits per heavy atom. The number of amides is 1. The van der Waals surface area contributed by atoms with E-state index in [-0.39, 0.29) is 56.4 Å². The van der Waals surface area contributed by atoms with E-state index in [2.05, 4.69) is 22.3 Å². The zero-order valence-electron chi connectivity index (χ0n) is 50.3. The van der Waals surface area contributed by atoms with Crippen LogP contribution in [0.15, 0.2) is 5.16 Å². The first kappa shape index (κ1) is 66.7. The molecule has 0 aromatic heterocycles. The van der Waals surface area contributed by atoms with Crippen LogP contribution in [0.1, 0.15) is 129 Å². The highest BCUT2D eigenvalue weighted by Crippen LogP contribution is 2.40. The lowest BCUT2D eigenvalue weighted by Crippen LogP contribution is -2.59. The van der Waals surface area contributed by atoms with E-state index in [0.29, 0.717) is 31.9 Å². The van der Waals surface area contributed by atoms with Crippen molar-refractivity contribution >= 4 is 29.5 Å². The van der Waals surface area contributed by atoms with E-state index in [9.17, 15) is 19.8 Å². The summed E-state index contributed by atoms with van der Waals surface area (Å²) in [6.45, 7) is 25.4. The van der Waals surface area contributed by atoms with Crippen molar-refractivity contribution in [2.75, 3.05) is 61.3 Å². The van der Waals surface area contributed by atoms with Crippen LogP contribution in [0.4, 0.5) is 4.79 Å². The van der Waals surface area contributed by atoms with E-state index >= 15 is 9.59 Å². The van der Waals surface area contributed by atoms with Crippen molar-refractivity contribution in [1.29, 1.82) is 0 Å². The number of ketones is 1. The van der Waals surface area contributed by atoms with Gasteiger partial charge in [0.25, 0.3) is 0 Å². The first-order chi connectivity index (χ1) is 37.2. The summed E-state index contributed by atoms with van der Waals surface area (Å²) >= 11 is 0. The molecule has 5 fully saturated rings. The minimum Gasteiger partial charge on any atom is -0.461 e. The third-order valence-electron chi connectivity index (χ3n) is 16.8. The molecular formula is C57H99N3O19. The van der Waals surface area contributed by atoms with Gasteiger partial charge in [-0.1, -0.05) is 53.6 Å². The maximum Gasteiger partial charge on any atom is 0.408 e. The van der Waals surface area contributed by atoms with Crippen molar-refractivity contribution in [3.8, 4) is 0 Å². The molecule has 0 bridgehead atoms. The Balaban J connectivity index is 1.69. The van der Waals surface area contributed by atoms with Gasteiger partial charge in [-0.05, 0) is 85.6 Å². The number of ether oxygens (including phenoxy) is 12. The van der Waals surface area contributed by atoms with Gasteiger partial charge < -0.3 is 82.1 Å². The summed E-state index contributed by atoms with van der Waals surface area (Å²) in [5, 5.41) is 29.8. The van der Waals surface area contributed by atoms with E-state index in [1.54, 1.807) is 34.6 Å². The second-order valence-electron chi connectivity index (χ2n) is 24.1. The molecule has 22 nitrogen and oxygen atoms in total. The van der Waals surface area contributed by atoms with Crippen LogP contribution in [-0.2, 0) is 76.1 Å². The summed E-state index contributed by atoms with van der Waals surface area (Å²) in [6.07, 6.45) is -11.8. The number of nitrogens with zero attached hydrogens (tertiary/aromatic N) is 2. The summed E-state index contributed by atoms with van der Waals surface area (Å²) < 4.78 is 76.0. The highest BCUT2D eigenvalue weighted by molar-refractivity contribution is 5.91. The number of oxime groups is 1. The monoisotopic (exact) mass is 1130 g/mol. The number of cyclic esters (lactones) is 1. The number of alkyl carbamates (subject to hydrolysis) is 1. The van der Waals surface area contributed by atoms with Crippen LogP contribution in [0.2, 0.25) is 0 Å². The Morgan fingerprint density at radius 1 is 0.823 bits per heavy atom. The number of likely N-dealkylation sites (N-methyl/N-ethyl adjacent to an activating group) is 1. The first-order valence-corrected chi connectivity index (χ1v) is 28.8. The molecule has 22 heteroatoms. The average Bonchev–Trinajstić information content (AvgIpc) is 3.55. The Kier molecular flexibility index (Phi) is 25.7. The highest BCUT2D eigenvalue weighted by atomic mass is 16.7. The number of hydrogen-bond donors (Lipinski definition) is 3. The number of rotatable bonds is 17. The van der Waals surface area contributed by atoms with Gasteiger partial charge in [0.15, 0.2) is 30.3 Å². The van der Waals surface area contributed by atoms with Gasteiger partial charge in [0.2, 0.25) is 0 Å². The minimum absolute atomic E-state index is 0.0164. The molecule has 0 aliphatic carbocycles. The number of carbonyl (C=O) groups is 4. The second kappa shape index (κ2) is 30.4. The Morgan fingerprint density at radius 2 is 1.49 bits per heavy atom. The standard InChI is InChI=1S/C57H99N3O19/c1-29(2)22-42(61)75-48-36(9)47(31(4)28-71-55-51(68-16)50(67-15)44(62)39(12)74-55)77-53(65)38(11)49(76-43-23-32(5)60(14)27-34(7)72-43)35(8)46(78-54-45(63)41(59-69-17)24-33(6)73-54)30(3)25-57(13,52(64)37(48)10)79-56(66)58-26-40-18-20-70-21-19-40/h29-40,43-51,54-55,62-63H,18-28H2,1-17H3,(H,58,66)/t30-,31-,32?,33+,34-,35+,36-,37+,38+,39+,43-,44+,45+,46-,47+,48+,49-,50+,51+,54-,55+,57-/m0/s1. The summed E-state index contributed by atoms with van der Waals surface area (Å²) in [5.74, 6) is -7.14. The summed E-state index contributed by atoms with van der Waals surface area (Å²) in [5.41, 5.74) is -1.63. The molecule has 0 saturated carbocycles. The zero-order valence-corrected chi connectivity index (χ0v) is 50.3. The first-order valence-electron chi connectivity index (χ1n) is 28.8. The van der Waals surface area contributed by atoms with Crippen molar-refractivity contribution < 1.29 is 91.1 Å². The van der Waals surface area contributed by atoms with Gasteiger partial charge in [0.1, 0.15) is 43.7 Å². The van der Waals surface area contributed by atoms with Gasteiger partial charge >= 0.3 is 18.0 Å². The van der Waals surface area contributed by atoms with Gasteiger partial charge in [-0.25, -0.2) is 4.79 Å². The SMILES string of the molecule is CON=C1C[C@@H](C)O[C@@H](O[C@@H]2[C@@H](C)[C@H](O[C@H]3CC(C)N(C)C[C@H](C)O3)[C@@H](C)C(=O)O[C@H]([C@@H](C)CO[C@@H]3O[C@H](C)[C@@H](O)[C@@H](OC)[C@H]3OC)[C@H](C)[C@@H](OC(=O)CC(C)C)[C@@H](C)C(=O)[C@@](C)(OC(=O)NCC3CCOCC3)C[C@@H]2C)[C@@H]1O. The Hall–Kier alpha value is -3.13. The lowest BCUT2D eigenvalue weighted by molar-refractivity contribution is -0.305. The molecule has 0 radical (unpaired) electrons. The lowest BCUT2D eigenvalue weighted by atomic mass is 9.74. The van der Waals surface area contributed by atoms with Crippen LogP contribution in [0.3, 0.4) is 0 Å². The summed E-state index contributed by atoms with van der Waals surface area (Å²) in [4.78, 5) is 66.8. The van der Waals surface area contributed by atoms with Crippen LogP contribution >= 0.6 is 0 Å². The molecule has 1 unspecified atom stereocenters. The van der Waals surface area contributed by atoms with Gasteiger partial charge in [0.05, 0.1) is 54.7 Å². The summed E-state index contributed by atoms with van der Waals surface area (Å²) in [6, 6.07) is 0.0175. The van der Waals surface area contributed by atoms with Crippen LogP contribution in [0, 0.1) is 47.3 Å². The zero-order chi connectivity index (χ0) is 58.6. The molecule has 5 saturated heterocycles. The van der Waals surface area contributed by atoms with Crippen LogP contribution < -0.4 is 5.32 Å². The normalized spacial score (nSPS) is 40.9. The number of methoxy groups -OCH3 is 2. The number of carbonyl (C=O) groups excluding carboxylic acids is 4. The third kappa shape index (κ3) is 17.7. The molecule has 79 heavy (non-hydrogen) atoms. The van der Waals surface area contributed by atoms with E-state index < -0.39 is 145 Å². The second-order valence-corrected chi connectivity index (χ2v) is 24.1. The topological polar surface area (TPSA) is 256 Å². The molecule has 5 aliphatic heterocycles. The Labute approximate surface area is 469 Å². The fourth-order valence-electron chi connectivity index (χ4n) is 12.2.